The van der Waals surface area contributed by atoms with Crippen molar-refractivity contribution in [2.75, 3.05) is 19.6 Å². The molecule has 1 saturated heterocycles. The van der Waals surface area contributed by atoms with Crippen molar-refractivity contribution in [3.8, 4) is 5.75 Å². The Labute approximate surface area is 150 Å². The molecule has 1 heterocycles. The smallest absolute Gasteiger partial charge is 0.176 e. The van der Waals surface area contributed by atoms with Crippen LogP contribution in [0.5, 0.6) is 5.75 Å². The largest absolute Gasteiger partial charge is 0.508 e. The van der Waals surface area contributed by atoms with E-state index in [9.17, 15) is 9.90 Å². The first-order chi connectivity index (χ1) is 12.1. The number of ketones is 1. The Morgan fingerprint density at radius 3 is 2.52 bits per heavy atom. The molecule has 1 aliphatic rings. The highest BCUT2D eigenvalue weighted by Gasteiger charge is 2.30. The van der Waals surface area contributed by atoms with Crippen molar-refractivity contribution in [1.82, 2.24) is 4.90 Å². The maximum atomic E-state index is 12.4. The molecule has 0 spiro atoms. The van der Waals surface area contributed by atoms with Gasteiger partial charge in [-0.2, -0.15) is 0 Å². The van der Waals surface area contributed by atoms with Crippen molar-refractivity contribution in [1.29, 1.82) is 0 Å². The van der Waals surface area contributed by atoms with E-state index in [1.807, 2.05) is 0 Å². The summed E-state index contributed by atoms with van der Waals surface area (Å²) in [5, 5.41) is 9.34. The van der Waals surface area contributed by atoms with Gasteiger partial charge in [-0.05, 0) is 60.9 Å². The maximum absolute atomic E-state index is 12.4. The number of phenolic OH excluding ortho intramolecular Hbond substituents is 1. The van der Waals surface area contributed by atoms with Crippen LogP contribution in [0.4, 0.5) is 0 Å². The van der Waals surface area contributed by atoms with E-state index in [-0.39, 0.29) is 11.5 Å². The van der Waals surface area contributed by atoms with Crippen molar-refractivity contribution >= 4 is 5.78 Å². The van der Waals surface area contributed by atoms with Gasteiger partial charge >= 0.3 is 0 Å². The summed E-state index contributed by atoms with van der Waals surface area (Å²) in [5.74, 6) is 1.65. The lowest BCUT2D eigenvalue weighted by Crippen LogP contribution is -2.28. The molecule has 0 amide bonds. The second kappa shape index (κ2) is 8.30. The van der Waals surface area contributed by atoms with Crippen LogP contribution in [-0.4, -0.2) is 35.4 Å². The molecule has 132 valence electrons. The van der Waals surface area contributed by atoms with E-state index in [0.717, 1.165) is 19.5 Å². The van der Waals surface area contributed by atoms with Crippen molar-refractivity contribution in [2.45, 2.75) is 26.2 Å². The fourth-order valence-electron chi connectivity index (χ4n) is 3.80. The molecule has 0 bridgehead atoms. The van der Waals surface area contributed by atoms with Crippen molar-refractivity contribution in [3.05, 3.63) is 65.7 Å². The van der Waals surface area contributed by atoms with Crippen LogP contribution in [0, 0.1) is 11.8 Å². The van der Waals surface area contributed by atoms with Gasteiger partial charge in [0.1, 0.15) is 5.75 Å². The number of carbonyl (C=O) groups is 1. The summed E-state index contributed by atoms with van der Waals surface area (Å²) in [7, 11) is 0. The number of aryl methyl sites for hydroxylation is 1. The molecule has 2 aromatic carbocycles. The molecular formula is C22H27NO2. The number of aromatic hydroxyl groups is 1. The molecule has 25 heavy (non-hydrogen) atoms. The Morgan fingerprint density at radius 2 is 1.80 bits per heavy atom. The molecule has 1 fully saturated rings. The lowest BCUT2D eigenvalue weighted by Gasteiger charge is -2.15. The van der Waals surface area contributed by atoms with E-state index in [1.54, 1.807) is 24.3 Å². The summed E-state index contributed by atoms with van der Waals surface area (Å²) in [6.45, 7) is 4.79. The molecule has 1 aliphatic heterocycles. The second-order valence-electron chi connectivity index (χ2n) is 7.28. The van der Waals surface area contributed by atoms with Gasteiger partial charge in [0.15, 0.2) is 5.78 Å². The standard InChI is InChI=1S/C22H27NO2/c1-17-14-23(16-22(25)19-10-12-21(24)13-11-19)15-20(17)9-5-8-18-6-3-2-4-7-18/h2-4,6-7,10-13,17,20,24H,5,8-9,14-16H2,1H3/t17-,20+/m0/s1. The minimum absolute atomic E-state index is 0.136. The van der Waals surface area contributed by atoms with Gasteiger partial charge in [0.05, 0.1) is 6.54 Å². The van der Waals surface area contributed by atoms with Gasteiger partial charge in [-0.25, -0.2) is 0 Å². The van der Waals surface area contributed by atoms with Crippen molar-refractivity contribution in [2.24, 2.45) is 11.8 Å². The van der Waals surface area contributed by atoms with E-state index in [4.69, 9.17) is 0 Å². The van der Waals surface area contributed by atoms with Crippen LogP contribution in [0.25, 0.3) is 0 Å². The third kappa shape index (κ3) is 4.93. The molecule has 0 aliphatic carbocycles. The Balaban J connectivity index is 1.46. The van der Waals surface area contributed by atoms with Crippen LogP contribution < -0.4 is 0 Å². The van der Waals surface area contributed by atoms with Crippen LogP contribution in [-0.2, 0) is 6.42 Å². The zero-order chi connectivity index (χ0) is 17.6. The maximum Gasteiger partial charge on any atom is 0.176 e. The van der Waals surface area contributed by atoms with Gasteiger partial charge in [-0.15, -0.1) is 0 Å². The number of hydrogen-bond acceptors (Lipinski definition) is 3. The summed E-state index contributed by atoms with van der Waals surface area (Å²) in [4.78, 5) is 14.7. The summed E-state index contributed by atoms with van der Waals surface area (Å²) in [6, 6.07) is 17.2. The van der Waals surface area contributed by atoms with Crippen molar-refractivity contribution < 1.29 is 9.90 Å². The summed E-state index contributed by atoms with van der Waals surface area (Å²) >= 11 is 0. The minimum Gasteiger partial charge on any atom is -0.508 e. The summed E-state index contributed by atoms with van der Waals surface area (Å²) in [5.41, 5.74) is 2.09. The van der Waals surface area contributed by atoms with Gasteiger partial charge in [-0.1, -0.05) is 37.3 Å². The zero-order valence-corrected chi connectivity index (χ0v) is 14.9. The highest BCUT2D eigenvalue weighted by atomic mass is 16.3. The molecule has 0 radical (unpaired) electrons. The molecule has 3 heteroatoms. The second-order valence-corrected chi connectivity index (χ2v) is 7.28. The van der Waals surface area contributed by atoms with Crippen LogP contribution in [0.15, 0.2) is 54.6 Å². The van der Waals surface area contributed by atoms with Crippen LogP contribution in [0.1, 0.15) is 35.7 Å². The van der Waals surface area contributed by atoms with Gasteiger partial charge in [0.25, 0.3) is 0 Å². The van der Waals surface area contributed by atoms with Crippen LogP contribution in [0.3, 0.4) is 0 Å². The van der Waals surface area contributed by atoms with Gasteiger partial charge in [0.2, 0.25) is 0 Å². The van der Waals surface area contributed by atoms with E-state index < -0.39 is 0 Å². The average Bonchev–Trinajstić information content (AvgIpc) is 2.96. The van der Waals surface area contributed by atoms with Crippen molar-refractivity contribution in [3.63, 3.8) is 0 Å². The monoisotopic (exact) mass is 337 g/mol. The molecule has 3 nitrogen and oxygen atoms in total. The number of nitrogens with zero attached hydrogens (tertiary/aromatic N) is 1. The Bertz CT molecular complexity index is 681. The van der Waals surface area contributed by atoms with Gasteiger partial charge in [-0.3, -0.25) is 9.69 Å². The predicted molar refractivity (Wildman–Crippen MR) is 101 cm³/mol. The lowest BCUT2D eigenvalue weighted by atomic mass is 9.92. The number of likely N-dealkylation sites (tertiary alicyclic amines) is 1. The van der Waals surface area contributed by atoms with Crippen LogP contribution in [0.2, 0.25) is 0 Å². The quantitative estimate of drug-likeness (QED) is 0.771. The molecule has 3 rings (SSSR count). The number of carbonyl (C=O) groups excluding carboxylic acids is 1. The highest BCUT2D eigenvalue weighted by molar-refractivity contribution is 5.97. The SMILES string of the molecule is C[C@H]1CN(CC(=O)c2ccc(O)cc2)C[C@H]1CCCc1ccccc1. The molecule has 2 aromatic rings. The molecule has 0 saturated carbocycles. The van der Waals surface area contributed by atoms with Crippen LogP contribution >= 0.6 is 0 Å². The minimum atomic E-state index is 0.136. The lowest BCUT2D eigenvalue weighted by molar-refractivity contribution is 0.0942. The fourth-order valence-corrected chi connectivity index (χ4v) is 3.80. The molecule has 1 N–H and O–H groups in total. The highest BCUT2D eigenvalue weighted by Crippen LogP contribution is 2.27. The number of phenols is 1. The Hall–Kier alpha value is -2.13. The predicted octanol–water partition coefficient (Wildman–Crippen LogP) is 4.17. The topological polar surface area (TPSA) is 40.5 Å². The summed E-state index contributed by atoms with van der Waals surface area (Å²) in [6.07, 6.45) is 3.56. The number of benzene rings is 2. The Morgan fingerprint density at radius 1 is 1.08 bits per heavy atom. The zero-order valence-electron chi connectivity index (χ0n) is 14.9. The van der Waals surface area contributed by atoms with Gasteiger partial charge in [0, 0.05) is 18.7 Å². The summed E-state index contributed by atoms with van der Waals surface area (Å²) < 4.78 is 0. The molecule has 2 atom stereocenters. The van der Waals surface area contributed by atoms with Gasteiger partial charge < -0.3 is 5.11 Å². The molecule has 0 unspecified atom stereocenters. The van der Waals surface area contributed by atoms with E-state index >= 15 is 0 Å². The average molecular weight is 337 g/mol. The molecular weight excluding hydrogens is 310 g/mol. The third-order valence-corrected chi connectivity index (χ3v) is 5.28. The molecule has 0 aromatic heterocycles. The number of Topliss-reactive ketones (excluding diaryl/α,β-unsaturated/α-hetero) is 1. The van der Waals surface area contributed by atoms with E-state index in [0.29, 0.717) is 23.9 Å². The number of rotatable bonds is 7. The first kappa shape index (κ1) is 17.7. The first-order valence-corrected chi connectivity index (χ1v) is 9.20. The fraction of sp³-hybridized carbons (Fsp3) is 0.409. The Kier molecular flexibility index (Phi) is 5.87. The number of hydrogen-bond donors (Lipinski definition) is 1. The van der Waals surface area contributed by atoms with E-state index in [2.05, 4.69) is 42.2 Å². The first-order valence-electron chi connectivity index (χ1n) is 9.20. The van der Waals surface area contributed by atoms with E-state index in [1.165, 1.54) is 18.4 Å². The normalized spacial score (nSPS) is 20.7. The third-order valence-electron chi connectivity index (χ3n) is 5.28.